The van der Waals surface area contributed by atoms with Gasteiger partial charge in [-0.15, -0.1) is 0 Å². The fourth-order valence-electron chi connectivity index (χ4n) is 4.31. The fourth-order valence-corrected chi connectivity index (χ4v) is 4.31. The SMILES string of the molecule is CCCCCCCCN(CC1CC1C(=O)OCC)C(=O)c1cn(C)c2ccccc12. The minimum atomic E-state index is -0.111. The van der Waals surface area contributed by atoms with Crippen LogP contribution in [0, 0.1) is 11.8 Å². The maximum atomic E-state index is 13.5. The van der Waals surface area contributed by atoms with Crippen LogP contribution in [0.3, 0.4) is 0 Å². The molecule has 5 heteroatoms. The van der Waals surface area contributed by atoms with Gasteiger partial charge in [0, 0.05) is 37.2 Å². The van der Waals surface area contributed by atoms with Gasteiger partial charge in [-0.2, -0.15) is 0 Å². The predicted molar refractivity (Wildman–Crippen MR) is 120 cm³/mol. The first kappa shape index (κ1) is 22.4. The van der Waals surface area contributed by atoms with E-state index in [-0.39, 0.29) is 23.7 Å². The van der Waals surface area contributed by atoms with Crippen molar-refractivity contribution in [3.8, 4) is 0 Å². The van der Waals surface area contributed by atoms with E-state index in [0.29, 0.717) is 13.2 Å². The van der Waals surface area contributed by atoms with Gasteiger partial charge in [-0.25, -0.2) is 0 Å². The van der Waals surface area contributed by atoms with Gasteiger partial charge in [-0.1, -0.05) is 57.2 Å². The summed E-state index contributed by atoms with van der Waals surface area (Å²) in [7, 11) is 1.98. The summed E-state index contributed by atoms with van der Waals surface area (Å²) in [5, 5.41) is 0.996. The van der Waals surface area contributed by atoms with E-state index >= 15 is 0 Å². The van der Waals surface area contributed by atoms with Gasteiger partial charge in [0.2, 0.25) is 0 Å². The zero-order chi connectivity index (χ0) is 21.5. The number of esters is 1. The van der Waals surface area contributed by atoms with Gasteiger partial charge in [0.1, 0.15) is 0 Å². The highest BCUT2D eigenvalue weighted by molar-refractivity contribution is 6.07. The van der Waals surface area contributed by atoms with Crippen LogP contribution in [0.25, 0.3) is 10.9 Å². The number of unbranched alkanes of at least 4 members (excludes halogenated alkanes) is 5. The molecule has 0 saturated heterocycles. The Morgan fingerprint density at radius 1 is 1.10 bits per heavy atom. The number of amides is 1. The van der Waals surface area contributed by atoms with Crippen LogP contribution in [-0.2, 0) is 16.6 Å². The molecule has 1 aliphatic rings. The lowest BCUT2D eigenvalue weighted by atomic mass is 10.1. The number of benzene rings is 1. The van der Waals surface area contributed by atoms with Gasteiger partial charge in [-0.3, -0.25) is 9.59 Å². The number of nitrogens with zero attached hydrogens (tertiary/aromatic N) is 2. The molecule has 0 spiro atoms. The molecule has 1 aromatic heterocycles. The maximum absolute atomic E-state index is 13.5. The van der Waals surface area contributed by atoms with Crippen LogP contribution in [0.1, 0.15) is 69.2 Å². The first-order valence-electron chi connectivity index (χ1n) is 11.6. The van der Waals surface area contributed by atoms with Gasteiger partial charge in [0.25, 0.3) is 5.91 Å². The third-order valence-corrected chi connectivity index (χ3v) is 6.16. The molecule has 1 aromatic carbocycles. The summed E-state index contributed by atoms with van der Waals surface area (Å²) in [5.41, 5.74) is 1.82. The molecule has 0 bridgehead atoms. The molecule has 5 nitrogen and oxygen atoms in total. The smallest absolute Gasteiger partial charge is 0.309 e. The molecular weight excluding hydrogens is 376 g/mol. The molecule has 0 aliphatic heterocycles. The Hall–Kier alpha value is -2.30. The lowest BCUT2D eigenvalue weighted by Crippen LogP contribution is -2.34. The fraction of sp³-hybridized carbons (Fsp3) is 0.600. The van der Waals surface area contributed by atoms with Gasteiger partial charge in [0.15, 0.2) is 0 Å². The van der Waals surface area contributed by atoms with Crippen LogP contribution in [0.2, 0.25) is 0 Å². The molecule has 2 atom stereocenters. The van der Waals surface area contributed by atoms with Crippen LogP contribution < -0.4 is 0 Å². The Labute approximate surface area is 180 Å². The highest BCUT2D eigenvalue weighted by atomic mass is 16.5. The van der Waals surface area contributed by atoms with Crippen LogP contribution in [0.5, 0.6) is 0 Å². The number of para-hydroxylation sites is 1. The number of hydrogen-bond acceptors (Lipinski definition) is 3. The summed E-state index contributed by atoms with van der Waals surface area (Å²) in [6.45, 7) is 5.86. The summed E-state index contributed by atoms with van der Waals surface area (Å²) < 4.78 is 7.19. The molecule has 30 heavy (non-hydrogen) atoms. The van der Waals surface area contributed by atoms with Gasteiger partial charge in [0.05, 0.1) is 18.1 Å². The third kappa shape index (κ3) is 5.44. The van der Waals surface area contributed by atoms with Crippen molar-refractivity contribution >= 4 is 22.8 Å². The Bertz CT molecular complexity index is 857. The number of rotatable bonds is 12. The summed E-state index contributed by atoms with van der Waals surface area (Å²) in [6.07, 6.45) is 9.93. The van der Waals surface area contributed by atoms with Gasteiger partial charge < -0.3 is 14.2 Å². The lowest BCUT2D eigenvalue weighted by Gasteiger charge is -2.23. The van der Waals surface area contributed by atoms with E-state index in [4.69, 9.17) is 4.74 Å². The van der Waals surface area contributed by atoms with Crippen molar-refractivity contribution in [2.75, 3.05) is 19.7 Å². The second-order valence-corrected chi connectivity index (χ2v) is 8.54. The van der Waals surface area contributed by atoms with Crippen molar-refractivity contribution in [3.05, 3.63) is 36.0 Å². The second-order valence-electron chi connectivity index (χ2n) is 8.54. The number of carbonyl (C=O) groups excluding carboxylic acids is 2. The number of carbonyl (C=O) groups is 2. The van der Waals surface area contributed by atoms with Crippen LogP contribution >= 0.6 is 0 Å². The largest absolute Gasteiger partial charge is 0.466 e. The summed E-state index contributed by atoms with van der Waals surface area (Å²) in [6, 6.07) is 8.04. The molecule has 1 amide bonds. The zero-order valence-electron chi connectivity index (χ0n) is 18.7. The second kappa shape index (κ2) is 10.6. The van der Waals surface area contributed by atoms with Crippen LogP contribution in [-0.4, -0.2) is 41.0 Å². The minimum Gasteiger partial charge on any atom is -0.466 e. The van der Waals surface area contributed by atoms with Crippen molar-refractivity contribution < 1.29 is 14.3 Å². The molecule has 1 aliphatic carbocycles. The molecule has 0 radical (unpaired) electrons. The molecule has 1 heterocycles. The molecule has 0 N–H and O–H groups in total. The Morgan fingerprint density at radius 3 is 2.60 bits per heavy atom. The topological polar surface area (TPSA) is 51.5 Å². The normalized spacial score (nSPS) is 17.8. The van der Waals surface area contributed by atoms with Crippen molar-refractivity contribution in [2.24, 2.45) is 18.9 Å². The average Bonchev–Trinajstić information content (AvgIpc) is 3.44. The predicted octanol–water partition coefficient (Wildman–Crippen LogP) is 5.18. The Morgan fingerprint density at radius 2 is 1.83 bits per heavy atom. The van der Waals surface area contributed by atoms with E-state index in [0.717, 1.165) is 42.3 Å². The van der Waals surface area contributed by atoms with Gasteiger partial charge >= 0.3 is 5.97 Å². The summed E-state index contributed by atoms with van der Waals surface area (Å²) in [5.74, 6) is 0.148. The van der Waals surface area contributed by atoms with Crippen molar-refractivity contribution in [1.82, 2.24) is 9.47 Å². The monoisotopic (exact) mass is 412 g/mol. The highest BCUT2D eigenvalue weighted by Crippen LogP contribution is 2.40. The first-order chi connectivity index (χ1) is 14.6. The molecule has 164 valence electrons. The van der Waals surface area contributed by atoms with E-state index < -0.39 is 0 Å². The van der Waals surface area contributed by atoms with Crippen LogP contribution in [0.4, 0.5) is 0 Å². The molecule has 3 rings (SSSR count). The van der Waals surface area contributed by atoms with Crippen molar-refractivity contribution in [1.29, 1.82) is 0 Å². The molecule has 2 unspecified atom stereocenters. The maximum Gasteiger partial charge on any atom is 0.309 e. The Balaban J connectivity index is 1.68. The quantitative estimate of drug-likeness (QED) is 0.356. The first-order valence-corrected chi connectivity index (χ1v) is 11.6. The van der Waals surface area contributed by atoms with E-state index in [1.54, 1.807) is 0 Å². The number of aromatic nitrogens is 1. The van der Waals surface area contributed by atoms with Crippen molar-refractivity contribution in [3.63, 3.8) is 0 Å². The van der Waals surface area contributed by atoms with E-state index in [2.05, 4.69) is 6.92 Å². The number of ether oxygens (including phenoxy) is 1. The third-order valence-electron chi connectivity index (χ3n) is 6.16. The molecule has 1 fully saturated rings. The van der Waals surface area contributed by atoms with E-state index in [9.17, 15) is 9.59 Å². The van der Waals surface area contributed by atoms with E-state index in [1.807, 2.05) is 53.9 Å². The highest BCUT2D eigenvalue weighted by Gasteiger charge is 2.45. The number of hydrogen-bond donors (Lipinski definition) is 0. The number of aryl methyl sites for hydroxylation is 1. The summed E-state index contributed by atoms with van der Waals surface area (Å²) in [4.78, 5) is 27.5. The molecule has 1 saturated carbocycles. The van der Waals surface area contributed by atoms with Crippen LogP contribution in [0.15, 0.2) is 30.5 Å². The minimum absolute atomic E-state index is 0.0441. The zero-order valence-corrected chi connectivity index (χ0v) is 18.7. The van der Waals surface area contributed by atoms with Gasteiger partial charge in [-0.05, 0) is 31.7 Å². The summed E-state index contributed by atoms with van der Waals surface area (Å²) >= 11 is 0. The molecule has 2 aromatic rings. The molecular formula is C25H36N2O3. The Kier molecular flexibility index (Phi) is 7.94. The number of fused-ring (bicyclic) bond motifs is 1. The average molecular weight is 413 g/mol. The lowest BCUT2D eigenvalue weighted by molar-refractivity contribution is -0.145. The van der Waals surface area contributed by atoms with Crippen molar-refractivity contribution in [2.45, 2.75) is 58.8 Å². The van der Waals surface area contributed by atoms with E-state index in [1.165, 1.54) is 25.7 Å². The standard InChI is InChI=1S/C25H36N2O3/c1-4-6-7-8-9-12-15-27(17-19-16-21(19)25(29)30-5-2)24(28)22-18-26(3)23-14-11-10-13-20(22)23/h10-11,13-14,18-19,21H,4-9,12,15-17H2,1-3H3.